The number of ether oxygens (including phenoxy) is 2. The third kappa shape index (κ3) is 3.51. The summed E-state index contributed by atoms with van der Waals surface area (Å²) in [6.45, 7) is 0. The summed E-state index contributed by atoms with van der Waals surface area (Å²) in [6.07, 6.45) is 1.37. The van der Waals surface area contributed by atoms with Gasteiger partial charge in [0.05, 0.1) is 42.7 Å². The van der Waals surface area contributed by atoms with Gasteiger partial charge in [0.2, 0.25) is 0 Å². The Hall–Kier alpha value is -3.09. The lowest BCUT2D eigenvalue weighted by Crippen LogP contribution is -2.00. The van der Waals surface area contributed by atoms with Crippen molar-refractivity contribution >= 4 is 17.6 Å². The van der Waals surface area contributed by atoms with Gasteiger partial charge in [-0.1, -0.05) is 18.2 Å². The minimum atomic E-state index is -0.494. The largest absolute Gasteiger partial charge is 0.493 e. The molecule has 0 aliphatic carbocycles. The van der Waals surface area contributed by atoms with Gasteiger partial charge in [0.25, 0.3) is 5.69 Å². The van der Waals surface area contributed by atoms with Crippen LogP contribution in [-0.4, -0.2) is 25.4 Å². The fraction of sp³-hybridized carbons (Fsp3) is 0.133. The Morgan fingerprint density at radius 1 is 1.14 bits per heavy atom. The van der Waals surface area contributed by atoms with Crippen LogP contribution in [0.2, 0.25) is 0 Å². The van der Waals surface area contributed by atoms with Crippen molar-refractivity contribution in [2.45, 2.75) is 0 Å². The first-order chi connectivity index (χ1) is 10.7. The highest BCUT2D eigenvalue weighted by Gasteiger charge is 2.18. The summed E-state index contributed by atoms with van der Waals surface area (Å²) in [5.41, 5.74) is 3.78. The molecule has 0 aromatic heterocycles. The highest BCUT2D eigenvalue weighted by atomic mass is 16.6. The molecule has 22 heavy (non-hydrogen) atoms. The van der Waals surface area contributed by atoms with Crippen LogP contribution in [0, 0.1) is 10.1 Å². The second-order valence-electron chi connectivity index (χ2n) is 4.26. The number of nitro groups is 1. The van der Waals surface area contributed by atoms with E-state index in [9.17, 15) is 10.1 Å². The van der Waals surface area contributed by atoms with E-state index < -0.39 is 4.92 Å². The van der Waals surface area contributed by atoms with E-state index in [0.29, 0.717) is 17.1 Å². The average Bonchev–Trinajstić information content (AvgIpc) is 2.55. The van der Waals surface area contributed by atoms with E-state index in [0.717, 1.165) is 5.69 Å². The maximum absolute atomic E-state index is 11.1. The van der Waals surface area contributed by atoms with Gasteiger partial charge in [0, 0.05) is 0 Å². The van der Waals surface area contributed by atoms with Crippen molar-refractivity contribution in [3.8, 4) is 11.5 Å². The number of nitro benzene ring substituents is 1. The molecule has 0 aliphatic heterocycles. The van der Waals surface area contributed by atoms with Crippen LogP contribution in [0.1, 0.15) is 5.56 Å². The Morgan fingerprint density at radius 2 is 1.77 bits per heavy atom. The van der Waals surface area contributed by atoms with Gasteiger partial charge in [0.1, 0.15) is 0 Å². The van der Waals surface area contributed by atoms with E-state index in [4.69, 9.17) is 9.47 Å². The zero-order chi connectivity index (χ0) is 15.9. The Bertz CT molecular complexity index is 687. The van der Waals surface area contributed by atoms with Gasteiger partial charge in [-0.25, -0.2) is 0 Å². The van der Waals surface area contributed by atoms with E-state index in [1.54, 1.807) is 0 Å². The Balaban J connectivity index is 2.30. The van der Waals surface area contributed by atoms with Gasteiger partial charge in [0.15, 0.2) is 11.5 Å². The molecule has 7 nitrogen and oxygen atoms in total. The molecule has 0 fully saturated rings. The van der Waals surface area contributed by atoms with Crippen molar-refractivity contribution in [3.63, 3.8) is 0 Å². The lowest BCUT2D eigenvalue weighted by molar-refractivity contribution is -0.385. The minimum Gasteiger partial charge on any atom is -0.493 e. The fourth-order valence-corrected chi connectivity index (χ4v) is 1.83. The van der Waals surface area contributed by atoms with E-state index >= 15 is 0 Å². The van der Waals surface area contributed by atoms with Crippen LogP contribution < -0.4 is 14.9 Å². The maximum atomic E-state index is 11.1. The first-order valence-electron chi connectivity index (χ1n) is 6.40. The van der Waals surface area contributed by atoms with Gasteiger partial charge >= 0.3 is 0 Å². The van der Waals surface area contributed by atoms with Crippen LogP contribution in [-0.2, 0) is 0 Å². The zero-order valence-corrected chi connectivity index (χ0v) is 12.1. The van der Waals surface area contributed by atoms with Gasteiger partial charge in [-0.05, 0) is 18.2 Å². The maximum Gasteiger partial charge on any atom is 0.282 e. The molecule has 0 saturated heterocycles. The summed E-state index contributed by atoms with van der Waals surface area (Å²) in [4.78, 5) is 10.7. The van der Waals surface area contributed by atoms with E-state index in [-0.39, 0.29) is 5.69 Å². The molecule has 2 aromatic carbocycles. The summed E-state index contributed by atoms with van der Waals surface area (Å²) in [5, 5.41) is 15.2. The van der Waals surface area contributed by atoms with Crippen molar-refractivity contribution in [2.24, 2.45) is 5.10 Å². The van der Waals surface area contributed by atoms with Gasteiger partial charge in [-0.2, -0.15) is 5.10 Å². The molecule has 0 unspecified atom stereocenters. The lowest BCUT2D eigenvalue weighted by atomic mass is 10.1. The molecule has 1 N–H and O–H groups in total. The quantitative estimate of drug-likeness (QED) is 0.503. The third-order valence-corrected chi connectivity index (χ3v) is 2.90. The fourth-order valence-electron chi connectivity index (χ4n) is 1.83. The second-order valence-corrected chi connectivity index (χ2v) is 4.26. The Kier molecular flexibility index (Phi) is 4.92. The number of benzene rings is 2. The number of nitrogens with one attached hydrogen (secondary N) is 1. The van der Waals surface area contributed by atoms with Crippen molar-refractivity contribution in [2.75, 3.05) is 19.6 Å². The zero-order valence-electron chi connectivity index (χ0n) is 12.1. The molecule has 0 aliphatic rings. The predicted molar refractivity (Wildman–Crippen MR) is 83.9 cm³/mol. The normalized spacial score (nSPS) is 10.5. The highest BCUT2D eigenvalue weighted by molar-refractivity contribution is 5.87. The standard InChI is InChI=1S/C15H15N3O4/c1-21-14-8-11(13(18(19)20)9-15(14)22-2)10-16-17-12-6-4-3-5-7-12/h3-10,17H,1-2H3/b16-10-. The van der Waals surface area contributed by atoms with Crippen molar-refractivity contribution < 1.29 is 14.4 Å². The molecule has 0 spiro atoms. The van der Waals surface area contributed by atoms with Crippen LogP contribution >= 0.6 is 0 Å². The molecule has 0 atom stereocenters. The molecule has 7 heteroatoms. The summed E-state index contributed by atoms with van der Waals surface area (Å²) in [5.74, 6) is 0.691. The number of hydrogen-bond donors (Lipinski definition) is 1. The Labute approximate surface area is 127 Å². The van der Waals surface area contributed by atoms with Crippen molar-refractivity contribution in [1.82, 2.24) is 0 Å². The van der Waals surface area contributed by atoms with Gasteiger partial charge in [-0.3, -0.25) is 15.5 Å². The lowest BCUT2D eigenvalue weighted by Gasteiger charge is -2.08. The summed E-state index contributed by atoms with van der Waals surface area (Å²) in [6, 6.07) is 12.1. The number of methoxy groups -OCH3 is 2. The SMILES string of the molecule is COc1cc(/C=N\Nc2ccccc2)c([N+](=O)[O-])cc1OC. The van der Waals surface area contributed by atoms with Crippen LogP contribution in [0.3, 0.4) is 0 Å². The second kappa shape index (κ2) is 7.07. The van der Waals surface area contributed by atoms with Crippen molar-refractivity contribution in [1.29, 1.82) is 0 Å². The summed E-state index contributed by atoms with van der Waals surface area (Å²) >= 11 is 0. The number of hydrogen-bond acceptors (Lipinski definition) is 6. The molecule has 2 rings (SSSR count). The number of para-hydroxylation sites is 1. The third-order valence-electron chi connectivity index (χ3n) is 2.90. The number of rotatable bonds is 6. The van der Waals surface area contributed by atoms with Crippen LogP contribution in [0.4, 0.5) is 11.4 Å². The molecular weight excluding hydrogens is 286 g/mol. The van der Waals surface area contributed by atoms with Crippen LogP contribution in [0.5, 0.6) is 11.5 Å². The number of nitrogens with zero attached hydrogens (tertiary/aromatic N) is 2. The summed E-state index contributed by atoms with van der Waals surface area (Å²) < 4.78 is 10.2. The molecule has 2 aromatic rings. The number of hydrazone groups is 1. The smallest absolute Gasteiger partial charge is 0.282 e. The molecule has 0 saturated carbocycles. The van der Waals surface area contributed by atoms with Crippen LogP contribution in [0.25, 0.3) is 0 Å². The monoisotopic (exact) mass is 301 g/mol. The van der Waals surface area contributed by atoms with Gasteiger partial charge in [-0.15, -0.1) is 0 Å². The minimum absolute atomic E-state index is 0.115. The highest BCUT2D eigenvalue weighted by Crippen LogP contribution is 2.33. The molecule has 0 heterocycles. The van der Waals surface area contributed by atoms with E-state index in [1.165, 1.54) is 32.6 Å². The Morgan fingerprint density at radius 3 is 2.36 bits per heavy atom. The summed E-state index contributed by atoms with van der Waals surface area (Å²) in [7, 11) is 2.89. The van der Waals surface area contributed by atoms with Crippen molar-refractivity contribution in [3.05, 3.63) is 58.1 Å². The first-order valence-corrected chi connectivity index (χ1v) is 6.40. The van der Waals surface area contributed by atoms with Crippen LogP contribution in [0.15, 0.2) is 47.6 Å². The molecule has 0 bridgehead atoms. The molecule has 0 amide bonds. The molecular formula is C15H15N3O4. The van der Waals surface area contributed by atoms with Gasteiger partial charge < -0.3 is 9.47 Å². The van der Waals surface area contributed by atoms with E-state index in [2.05, 4.69) is 10.5 Å². The molecule has 114 valence electrons. The first kappa shape index (κ1) is 15.3. The van der Waals surface area contributed by atoms with E-state index in [1.807, 2.05) is 30.3 Å². The topological polar surface area (TPSA) is 86.0 Å². The molecule has 0 radical (unpaired) electrons. The number of anilines is 1. The predicted octanol–water partition coefficient (Wildman–Crippen LogP) is 3.06. The average molecular weight is 301 g/mol.